The van der Waals surface area contributed by atoms with Gasteiger partial charge < -0.3 is 4.74 Å². The SMILES string of the molecule is COc1ccc(C2(c3nnc4nc(-c5cccc(-c6ccc(I)cc6)c5)cnn34)CC2)cc1. The number of halogens is 1. The lowest BCUT2D eigenvalue weighted by Crippen LogP contribution is -2.15. The third kappa shape index (κ3) is 3.56. The van der Waals surface area contributed by atoms with Crippen LogP contribution in [0.15, 0.2) is 79.0 Å². The third-order valence-corrected chi connectivity index (χ3v) is 7.02. The van der Waals surface area contributed by atoms with E-state index in [1.807, 2.05) is 24.3 Å². The molecule has 0 N–H and O–H groups in total. The number of fused-ring (bicyclic) bond motifs is 1. The highest BCUT2D eigenvalue weighted by atomic mass is 127. The van der Waals surface area contributed by atoms with Crippen molar-refractivity contribution in [1.29, 1.82) is 0 Å². The van der Waals surface area contributed by atoms with Crippen LogP contribution in [0.2, 0.25) is 0 Å². The summed E-state index contributed by atoms with van der Waals surface area (Å²) in [6, 6.07) is 25.0. The van der Waals surface area contributed by atoms with E-state index in [1.165, 1.54) is 14.7 Å². The van der Waals surface area contributed by atoms with E-state index >= 15 is 0 Å². The van der Waals surface area contributed by atoms with E-state index in [4.69, 9.17) is 14.8 Å². The maximum Gasteiger partial charge on any atom is 0.272 e. The molecule has 0 radical (unpaired) electrons. The van der Waals surface area contributed by atoms with E-state index in [0.717, 1.165) is 41.2 Å². The number of nitrogens with zero attached hydrogens (tertiary/aromatic N) is 5. The first-order valence-corrected chi connectivity index (χ1v) is 11.8. The molecule has 162 valence electrons. The summed E-state index contributed by atoms with van der Waals surface area (Å²) in [6.45, 7) is 0. The Bertz CT molecular complexity index is 1460. The van der Waals surface area contributed by atoms with Crippen molar-refractivity contribution in [3.05, 3.63) is 94.0 Å². The van der Waals surface area contributed by atoms with Crippen LogP contribution in [-0.2, 0) is 5.41 Å². The van der Waals surface area contributed by atoms with E-state index in [-0.39, 0.29) is 5.41 Å². The van der Waals surface area contributed by atoms with Crippen molar-refractivity contribution in [2.45, 2.75) is 18.3 Å². The first-order chi connectivity index (χ1) is 16.2. The fourth-order valence-electron chi connectivity index (χ4n) is 4.31. The number of hydrogen-bond acceptors (Lipinski definition) is 5. The predicted molar refractivity (Wildman–Crippen MR) is 135 cm³/mol. The Morgan fingerprint density at radius 2 is 1.64 bits per heavy atom. The Kier molecular flexibility index (Phi) is 4.86. The molecule has 0 unspecified atom stereocenters. The fraction of sp³-hybridized carbons (Fsp3) is 0.154. The van der Waals surface area contributed by atoms with Crippen LogP contribution in [0.25, 0.3) is 28.2 Å². The number of aromatic nitrogens is 5. The highest BCUT2D eigenvalue weighted by Gasteiger charge is 2.50. The lowest BCUT2D eigenvalue weighted by molar-refractivity contribution is 0.414. The molecule has 3 aromatic carbocycles. The van der Waals surface area contributed by atoms with Crippen LogP contribution in [0, 0.1) is 3.57 Å². The highest BCUT2D eigenvalue weighted by Crippen LogP contribution is 2.52. The second-order valence-corrected chi connectivity index (χ2v) is 9.52. The van der Waals surface area contributed by atoms with Gasteiger partial charge in [-0.15, -0.1) is 10.2 Å². The van der Waals surface area contributed by atoms with Crippen molar-refractivity contribution < 1.29 is 4.74 Å². The molecule has 2 aromatic heterocycles. The molecule has 0 aliphatic heterocycles. The van der Waals surface area contributed by atoms with Gasteiger partial charge in [0.2, 0.25) is 0 Å². The number of methoxy groups -OCH3 is 1. The Hall–Kier alpha value is -3.33. The molecule has 5 aromatic rings. The summed E-state index contributed by atoms with van der Waals surface area (Å²) >= 11 is 2.32. The minimum absolute atomic E-state index is 0.160. The van der Waals surface area contributed by atoms with Crippen molar-refractivity contribution in [2.75, 3.05) is 7.11 Å². The second-order valence-electron chi connectivity index (χ2n) is 8.28. The normalized spacial score (nSPS) is 14.4. The van der Waals surface area contributed by atoms with Gasteiger partial charge in [-0.05, 0) is 82.5 Å². The summed E-state index contributed by atoms with van der Waals surface area (Å²) in [5.41, 5.74) is 5.14. The summed E-state index contributed by atoms with van der Waals surface area (Å²) in [5, 5.41) is 13.6. The molecule has 1 saturated carbocycles. The molecule has 6 rings (SSSR count). The van der Waals surface area contributed by atoms with Crippen molar-refractivity contribution in [2.24, 2.45) is 0 Å². The summed E-state index contributed by atoms with van der Waals surface area (Å²) in [6.07, 6.45) is 3.83. The van der Waals surface area contributed by atoms with Crippen molar-refractivity contribution >= 4 is 28.4 Å². The summed E-state index contributed by atoms with van der Waals surface area (Å²) < 4.78 is 8.30. The second kappa shape index (κ2) is 7.91. The number of benzene rings is 3. The Labute approximate surface area is 204 Å². The van der Waals surface area contributed by atoms with Gasteiger partial charge in [-0.2, -0.15) is 9.61 Å². The topological polar surface area (TPSA) is 65.2 Å². The van der Waals surface area contributed by atoms with Crippen LogP contribution in [-0.4, -0.2) is 31.9 Å². The molecule has 1 aliphatic carbocycles. The molecule has 0 amide bonds. The maximum atomic E-state index is 5.30. The first-order valence-electron chi connectivity index (χ1n) is 10.8. The van der Waals surface area contributed by atoms with Crippen LogP contribution < -0.4 is 4.74 Å². The van der Waals surface area contributed by atoms with Crippen molar-refractivity contribution in [3.8, 4) is 28.1 Å². The van der Waals surface area contributed by atoms with Crippen LogP contribution in [0.3, 0.4) is 0 Å². The number of rotatable bonds is 5. The molecular weight excluding hydrogens is 525 g/mol. The molecule has 1 fully saturated rings. The van der Waals surface area contributed by atoms with E-state index in [9.17, 15) is 0 Å². The lowest BCUT2D eigenvalue weighted by Gasteiger charge is -2.14. The first kappa shape index (κ1) is 20.3. The average molecular weight is 545 g/mol. The summed E-state index contributed by atoms with van der Waals surface area (Å²) in [5.74, 6) is 2.20. The monoisotopic (exact) mass is 545 g/mol. The van der Waals surface area contributed by atoms with Crippen LogP contribution in [0.5, 0.6) is 5.75 Å². The highest BCUT2D eigenvalue weighted by molar-refractivity contribution is 14.1. The van der Waals surface area contributed by atoms with Crippen LogP contribution in [0.4, 0.5) is 0 Å². The van der Waals surface area contributed by atoms with Gasteiger partial charge in [-0.3, -0.25) is 0 Å². The van der Waals surface area contributed by atoms with Gasteiger partial charge in [0.25, 0.3) is 5.78 Å². The molecule has 6 nitrogen and oxygen atoms in total. The lowest BCUT2D eigenvalue weighted by atomic mass is 9.95. The minimum atomic E-state index is -0.160. The van der Waals surface area contributed by atoms with Gasteiger partial charge in [0.05, 0.1) is 24.4 Å². The zero-order chi connectivity index (χ0) is 22.4. The van der Waals surface area contributed by atoms with E-state index in [0.29, 0.717) is 5.78 Å². The van der Waals surface area contributed by atoms with Crippen LogP contribution in [0.1, 0.15) is 24.2 Å². The Morgan fingerprint density at radius 1 is 0.879 bits per heavy atom. The molecule has 7 heteroatoms. The predicted octanol–water partition coefficient (Wildman–Crippen LogP) is 5.55. The molecule has 0 bridgehead atoms. The average Bonchev–Trinajstić information content (AvgIpc) is 3.56. The van der Waals surface area contributed by atoms with Gasteiger partial charge in [0, 0.05) is 9.13 Å². The zero-order valence-electron chi connectivity index (χ0n) is 17.9. The van der Waals surface area contributed by atoms with Gasteiger partial charge in [0.15, 0.2) is 5.82 Å². The van der Waals surface area contributed by atoms with E-state index < -0.39 is 0 Å². The largest absolute Gasteiger partial charge is 0.497 e. The van der Waals surface area contributed by atoms with Gasteiger partial charge >= 0.3 is 0 Å². The molecular formula is C26H20IN5O. The van der Waals surface area contributed by atoms with Gasteiger partial charge in [-0.25, -0.2) is 4.98 Å². The Morgan fingerprint density at radius 3 is 2.36 bits per heavy atom. The van der Waals surface area contributed by atoms with Gasteiger partial charge in [0.1, 0.15) is 5.75 Å². The maximum absolute atomic E-state index is 5.30. The third-order valence-electron chi connectivity index (χ3n) is 6.30. The Balaban J connectivity index is 1.36. The fourth-order valence-corrected chi connectivity index (χ4v) is 4.67. The summed E-state index contributed by atoms with van der Waals surface area (Å²) in [4.78, 5) is 4.78. The molecule has 2 heterocycles. The molecule has 0 atom stereocenters. The molecule has 1 aliphatic rings. The zero-order valence-corrected chi connectivity index (χ0v) is 20.1. The van der Waals surface area contributed by atoms with Crippen molar-refractivity contribution in [3.63, 3.8) is 0 Å². The number of hydrogen-bond donors (Lipinski definition) is 0. The standard InChI is InChI=1S/C26H20IN5O/c1-33-22-11-7-20(8-12-22)26(13-14-26)24-30-31-25-29-23(16-28-32(24)25)19-4-2-3-18(15-19)17-5-9-21(27)10-6-17/h2-12,15-16H,13-14H2,1H3. The summed E-state index contributed by atoms with van der Waals surface area (Å²) in [7, 11) is 1.68. The minimum Gasteiger partial charge on any atom is -0.497 e. The smallest absolute Gasteiger partial charge is 0.272 e. The number of ether oxygens (including phenoxy) is 1. The van der Waals surface area contributed by atoms with Crippen molar-refractivity contribution in [1.82, 2.24) is 24.8 Å². The van der Waals surface area contributed by atoms with Crippen LogP contribution >= 0.6 is 22.6 Å². The van der Waals surface area contributed by atoms with E-state index in [2.05, 4.69) is 81.3 Å². The molecule has 33 heavy (non-hydrogen) atoms. The molecule has 0 saturated heterocycles. The molecule has 0 spiro atoms. The van der Waals surface area contributed by atoms with E-state index in [1.54, 1.807) is 17.8 Å². The quantitative estimate of drug-likeness (QED) is 0.271. The van der Waals surface area contributed by atoms with Gasteiger partial charge in [-0.1, -0.05) is 42.5 Å².